The smallest absolute Gasteiger partial charge is 0.232 e. The van der Waals surface area contributed by atoms with Gasteiger partial charge in [0, 0.05) is 13.1 Å². The number of carbonyl (C=O) groups excluding carboxylic acids is 1. The third-order valence-electron chi connectivity index (χ3n) is 4.50. The monoisotopic (exact) mass is 332 g/mol. The van der Waals surface area contributed by atoms with E-state index in [9.17, 15) is 4.79 Å². The van der Waals surface area contributed by atoms with Gasteiger partial charge in [-0.1, -0.05) is 12.1 Å². The lowest BCUT2D eigenvalue weighted by Gasteiger charge is -2.31. The quantitative estimate of drug-likeness (QED) is 0.883. The molecule has 1 aliphatic heterocycles. The van der Waals surface area contributed by atoms with Crippen LogP contribution < -0.4 is 5.32 Å². The van der Waals surface area contributed by atoms with Crippen LogP contribution in [0.25, 0.3) is 11.0 Å². The van der Waals surface area contributed by atoms with Crippen LogP contribution in [0.3, 0.4) is 0 Å². The van der Waals surface area contributed by atoms with Crippen LogP contribution in [0.2, 0.25) is 0 Å². The fourth-order valence-corrected chi connectivity index (χ4v) is 3.81. The number of nitrogens with one attached hydrogen (secondary N) is 2. The van der Waals surface area contributed by atoms with Gasteiger partial charge >= 0.3 is 0 Å². The second-order valence-electron chi connectivity index (χ2n) is 6.08. The molecule has 2 aromatic rings. The molecule has 6 heteroatoms. The van der Waals surface area contributed by atoms with E-state index in [1.165, 1.54) is 0 Å². The highest BCUT2D eigenvalue weighted by Crippen LogP contribution is 2.28. The van der Waals surface area contributed by atoms with Gasteiger partial charge in [0.1, 0.15) is 5.82 Å². The number of thioether (sulfide) groups is 1. The Hall–Kier alpha value is -1.53. The number of imidazole rings is 1. The second-order valence-corrected chi connectivity index (χ2v) is 7.41. The van der Waals surface area contributed by atoms with Crippen molar-refractivity contribution in [3.63, 3.8) is 0 Å². The van der Waals surface area contributed by atoms with E-state index >= 15 is 0 Å². The number of hydrogen-bond acceptors (Lipinski definition) is 4. The minimum atomic E-state index is 0.174. The molecular formula is C17H24N4OS. The molecule has 1 saturated heterocycles. The highest BCUT2D eigenvalue weighted by atomic mass is 32.2. The predicted molar refractivity (Wildman–Crippen MR) is 95.6 cm³/mol. The van der Waals surface area contributed by atoms with Crippen LogP contribution in [0.4, 0.5) is 0 Å². The molecule has 1 aliphatic rings. The molecule has 0 saturated carbocycles. The lowest BCUT2D eigenvalue weighted by molar-refractivity contribution is -0.129. The first-order valence-corrected chi connectivity index (χ1v) is 9.22. The van der Waals surface area contributed by atoms with Crippen LogP contribution >= 0.6 is 11.8 Å². The Bertz CT molecular complexity index is 632. The van der Waals surface area contributed by atoms with E-state index in [0.717, 1.165) is 42.8 Å². The van der Waals surface area contributed by atoms with Gasteiger partial charge < -0.3 is 15.2 Å². The zero-order chi connectivity index (χ0) is 16.2. The summed E-state index contributed by atoms with van der Waals surface area (Å²) in [6.07, 6.45) is 2.10. The standard InChI is InChI=1S/C17H24N4OS/c1-12(17-19-14-5-3-4-6-15(14)20-17)23-11-16(22)21(2)13-7-9-18-10-8-13/h3-6,12-13,18H,7-11H2,1-2H3,(H,19,20). The third-order valence-corrected chi connectivity index (χ3v) is 5.64. The number of piperidine rings is 1. The molecule has 0 aliphatic carbocycles. The van der Waals surface area contributed by atoms with Crippen molar-refractivity contribution in [2.45, 2.75) is 31.1 Å². The van der Waals surface area contributed by atoms with Crippen LogP contribution in [0, 0.1) is 0 Å². The summed E-state index contributed by atoms with van der Waals surface area (Å²) in [6, 6.07) is 8.40. The summed E-state index contributed by atoms with van der Waals surface area (Å²) in [4.78, 5) is 22.3. The molecule has 2 heterocycles. The minimum Gasteiger partial charge on any atom is -0.342 e. The van der Waals surface area contributed by atoms with Gasteiger partial charge in [0.2, 0.25) is 5.91 Å². The van der Waals surface area contributed by atoms with Gasteiger partial charge in [0.05, 0.1) is 22.0 Å². The van der Waals surface area contributed by atoms with E-state index in [4.69, 9.17) is 0 Å². The van der Waals surface area contributed by atoms with Crippen molar-refractivity contribution in [1.82, 2.24) is 20.2 Å². The normalized spacial score (nSPS) is 17.3. The van der Waals surface area contributed by atoms with Gasteiger partial charge in [0.15, 0.2) is 0 Å². The van der Waals surface area contributed by atoms with Crippen LogP contribution in [0.1, 0.15) is 30.8 Å². The maximum Gasteiger partial charge on any atom is 0.232 e. The number of H-pyrrole nitrogens is 1. The Morgan fingerprint density at radius 2 is 2.13 bits per heavy atom. The molecule has 1 aromatic heterocycles. The van der Waals surface area contributed by atoms with E-state index in [1.807, 2.05) is 36.2 Å². The molecule has 5 nitrogen and oxygen atoms in total. The van der Waals surface area contributed by atoms with E-state index in [-0.39, 0.29) is 11.2 Å². The Kier molecular flexibility index (Phi) is 5.23. The average Bonchev–Trinajstić information content (AvgIpc) is 3.03. The summed E-state index contributed by atoms with van der Waals surface area (Å²) in [5.74, 6) is 1.65. The fraction of sp³-hybridized carbons (Fsp3) is 0.529. The zero-order valence-electron chi connectivity index (χ0n) is 13.7. The van der Waals surface area contributed by atoms with Crippen molar-refractivity contribution >= 4 is 28.7 Å². The van der Waals surface area contributed by atoms with Crippen LogP contribution in [-0.4, -0.2) is 52.7 Å². The number of rotatable bonds is 5. The number of aromatic amines is 1. The number of carbonyl (C=O) groups is 1. The van der Waals surface area contributed by atoms with Gasteiger partial charge in [-0.25, -0.2) is 4.98 Å². The number of hydrogen-bond donors (Lipinski definition) is 2. The molecule has 0 radical (unpaired) electrons. The number of nitrogens with zero attached hydrogens (tertiary/aromatic N) is 2. The fourth-order valence-electron chi connectivity index (χ4n) is 2.94. The number of aromatic nitrogens is 2. The first kappa shape index (κ1) is 16.3. The Balaban J connectivity index is 1.55. The van der Waals surface area contributed by atoms with Crippen molar-refractivity contribution < 1.29 is 4.79 Å². The van der Waals surface area contributed by atoms with Crippen molar-refractivity contribution in [2.24, 2.45) is 0 Å². The number of benzene rings is 1. The van der Waals surface area contributed by atoms with Crippen molar-refractivity contribution in [3.05, 3.63) is 30.1 Å². The predicted octanol–water partition coefficient (Wildman–Crippen LogP) is 2.57. The topological polar surface area (TPSA) is 61.0 Å². The molecule has 124 valence electrons. The van der Waals surface area contributed by atoms with Gasteiger partial charge in [-0.3, -0.25) is 4.79 Å². The molecule has 1 aromatic carbocycles. The Morgan fingerprint density at radius 1 is 1.39 bits per heavy atom. The third kappa shape index (κ3) is 3.87. The minimum absolute atomic E-state index is 0.174. The molecule has 1 atom stereocenters. The Morgan fingerprint density at radius 3 is 2.87 bits per heavy atom. The summed E-state index contributed by atoms with van der Waals surface area (Å²) in [7, 11) is 1.94. The molecule has 1 amide bonds. The molecule has 23 heavy (non-hydrogen) atoms. The SMILES string of the molecule is CC(SCC(=O)N(C)C1CCNCC1)c1nc2ccccc2[nH]1. The first-order valence-electron chi connectivity index (χ1n) is 8.18. The van der Waals surface area contributed by atoms with E-state index < -0.39 is 0 Å². The number of amides is 1. The van der Waals surface area contributed by atoms with E-state index in [1.54, 1.807) is 11.8 Å². The molecule has 1 unspecified atom stereocenters. The van der Waals surface area contributed by atoms with Gasteiger partial charge in [-0.05, 0) is 45.0 Å². The van der Waals surface area contributed by atoms with Crippen LogP contribution in [-0.2, 0) is 4.79 Å². The summed E-state index contributed by atoms with van der Waals surface area (Å²) < 4.78 is 0. The molecule has 3 rings (SSSR count). The maximum absolute atomic E-state index is 12.4. The van der Waals surface area contributed by atoms with Gasteiger partial charge in [-0.2, -0.15) is 0 Å². The highest BCUT2D eigenvalue weighted by molar-refractivity contribution is 8.00. The highest BCUT2D eigenvalue weighted by Gasteiger charge is 2.22. The summed E-state index contributed by atoms with van der Waals surface area (Å²) in [5.41, 5.74) is 2.03. The number of fused-ring (bicyclic) bond motifs is 1. The van der Waals surface area contributed by atoms with Crippen LogP contribution in [0.5, 0.6) is 0 Å². The summed E-state index contributed by atoms with van der Waals surface area (Å²) in [5, 5.41) is 3.51. The van der Waals surface area contributed by atoms with E-state index in [2.05, 4.69) is 22.2 Å². The zero-order valence-corrected chi connectivity index (χ0v) is 14.5. The molecular weight excluding hydrogens is 308 g/mol. The second kappa shape index (κ2) is 7.36. The van der Waals surface area contributed by atoms with E-state index in [0.29, 0.717) is 11.8 Å². The largest absolute Gasteiger partial charge is 0.342 e. The summed E-state index contributed by atoms with van der Waals surface area (Å²) in [6.45, 7) is 4.11. The lowest BCUT2D eigenvalue weighted by atomic mass is 10.1. The summed E-state index contributed by atoms with van der Waals surface area (Å²) >= 11 is 1.64. The first-order chi connectivity index (χ1) is 11.1. The van der Waals surface area contributed by atoms with Gasteiger partial charge in [-0.15, -0.1) is 11.8 Å². The molecule has 2 N–H and O–H groups in total. The van der Waals surface area contributed by atoms with Crippen molar-refractivity contribution in [3.8, 4) is 0 Å². The lowest BCUT2D eigenvalue weighted by Crippen LogP contribution is -2.44. The van der Waals surface area contributed by atoms with Gasteiger partial charge in [0.25, 0.3) is 0 Å². The van der Waals surface area contributed by atoms with Crippen molar-refractivity contribution in [2.75, 3.05) is 25.9 Å². The number of para-hydroxylation sites is 2. The maximum atomic E-state index is 12.4. The molecule has 1 fully saturated rings. The Labute approximate surface area is 141 Å². The molecule has 0 bridgehead atoms. The van der Waals surface area contributed by atoms with Crippen molar-refractivity contribution in [1.29, 1.82) is 0 Å². The molecule has 0 spiro atoms. The van der Waals surface area contributed by atoms with Crippen LogP contribution in [0.15, 0.2) is 24.3 Å². The average molecular weight is 332 g/mol.